The second-order valence-electron chi connectivity index (χ2n) is 8.05. The first-order valence-corrected chi connectivity index (χ1v) is 12.0. The molecule has 32 heavy (non-hydrogen) atoms. The van der Waals surface area contributed by atoms with Gasteiger partial charge in [0.15, 0.2) is 0 Å². The molecule has 2 aliphatic carbocycles. The van der Waals surface area contributed by atoms with Gasteiger partial charge in [-0.05, 0) is 29.7 Å². The first kappa shape index (κ1) is 23.1. The second kappa shape index (κ2) is 9.46. The molecule has 0 aliphatic heterocycles. The molecule has 12 heteroatoms. The molecule has 1 saturated carbocycles. The van der Waals surface area contributed by atoms with Crippen LogP contribution in [0.2, 0.25) is 5.02 Å². The Hall–Kier alpha value is -2.02. The Labute approximate surface area is 191 Å². The largest absolute Gasteiger partial charge is 0.474 e. The van der Waals surface area contributed by atoms with Gasteiger partial charge in [0.25, 0.3) is 0 Å². The lowest BCUT2D eigenvalue weighted by atomic mass is 10.1. The molecule has 174 valence electrons. The van der Waals surface area contributed by atoms with Gasteiger partial charge in [-0.1, -0.05) is 17.7 Å². The molecule has 2 aromatic rings. The smallest absolute Gasteiger partial charge is 0.333 e. The summed E-state index contributed by atoms with van der Waals surface area (Å²) in [7, 11) is -2.64. The van der Waals surface area contributed by atoms with Crippen LogP contribution in [0.4, 0.5) is 5.82 Å². The monoisotopic (exact) mass is 484 g/mol. The Morgan fingerprint density at radius 1 is 1.25 bits per heavy atom. The molecule has 4 N–H and O–H groups in total. The molecule has 1 fully saturated rings. The van der Waals surface area contributed by atoms with E-state index in [-0.39, 0.29) is 30.7 Å². The van der Waals surface area contributed by atoms with Crippen molar-refractivity contribution in [2.24, 2.45) is 5.92 Å². The lowest BCUT2D eigenvalue weighted by Crippen LogP contribution is -2.32. The third-order valence-electron chi connectivity index (χ3n) is 5.91. The number of methoxy groups -OCH3 is 1. The molecular weight excluding hydrogens is 460 g/mol. The summed E-state index contributed by atoms with van der Waals surface area (Å²) >= 11 is 6.12. The van der Waals surface area contributed by atoms with Crippen LogP contribution >= 0.6 is 11.6 Å². The Morgan fingerprint density at radius 3 is 2.81 bits per heavy atom. The zero-order valence-corrected chi connectivity index (χ0v) is 18.9. The second-order valence-corrected chi connectivity index (χ2v) is 9.72. The lowest BCUT2D eigenvalue weighted by molar-refractivity contribution is 0.0959. The SMILES string of the molecule is CO[C@H]1Cc2cc(Cl)ccc2[C@H]1Nc1cc(O[C@@H]2C[C@@H](CNS(=O)(=O)O)[C@@H](O)C2)ncn1. The summed E-state index contributed by atoms with van der Waals surface area (Å²) < 4.78 is 44.2. The maximum atomic E-state index is 10.9. The molecule has 0 amide bonds. The van der Waals surface area contributed by atoms with E-state index >= 15 is 0 Å². The molecule has 0 unspecified atom stereocenters. The molecule has 1 aromatic carbocycles. The third-order valence-corrected chi connectivity index (χ3v) is 6.68. The molecule has 0 saturated heterocycles. The summed E-state index contributed by atoms with van der Waals surface area (Å²) in [4.78, 5) is 8.44. The zero-order valence-electron chi connectivity index (χ0n) is 17.3. The maximum Gasteiger partial charge on any atom is 0.333 e. The molecule has 2 aliphatic rings. The number of aromatic nitrogens is 2. The van der Waals surface area contributed by atoms with Crippen molar-refractivity contribution in [1.29, 1.82) is 0 Å². The number of aliphatic hydroxyl groups excluding tert-OH is 1. The number of hydrogen-bond acceptors (Lipinski definition) is 8. The first-order valence-electron chi connectivity index (χ1n) is 10.2. The first-order chi connectivity index (χ1) is 15.2. The average molecular weight is 485 g/mol. The summed E-state index contributed by atoms with van der Waals surface area (Å²) in [6, 6.07) is 7.34. The van der Waals surface area contributed by atoms with E-state index in [0.29, 0.717) is 29.6 Å². The van der Waals surface area contributed by atoms with Crippen LogP contribution in [0.3, 0.4) is 0 Å². The Balaban J connectivity index is 1.41. The molecule has 0 radical (unpaired) electrons. The van der Waals surface area contributed by atoms with Gasteiger partial charge in [-0.25, -0.2) is 9.97 Å². The van der Waals surface area contributed by atoms with Crippen molar-refractivity contribution in [2.45, 2.75) is 43.6 Å². The number of ether oxygens (including phenoxy) is 2. The fourth-order valence-corrected chi connectivity index (χ4v) is 4.99. The standard InChI is InChI=1S/C20H25ClN4O6S/c1-30-17-6-11-4-13(21)2-3-15(11)20(17)25-18-8-19(23-10-22-18)31-14-5-12(16(26)7-14)9-24-32(27,28)29/h2-4,8,10,12,14,16-17,20,24,26H,5-7,9H2,1H3,(H,22,23,25)(H,27,28,29)/t12-,14+,16-,17-,20+/m0/s1. The van der Waals surface area contributed by atoms with Gasteiger partial charge in [-0.15, -0.1) is 0 Å². The van der Waals surface area contributed by atoms with Crippen LogP contribution in [0.15, 0.2) is 30.6 Å². The molecule has 4 rings (SSSR count). The number of anilines is 1. The number of benzene rings is 1. The molecule has 0 bridgehead atoms. The highest BCUT2D eigenvalue weighted by atomic mass is 35.5. The number of fused-ring (bicyclic) bond motifs is 1. The molecular formula is C20H25ClN4O6S. The van der Waals surface area contributed by atoms with E-state index in [2.05, 4.69) is 15.3 Å². The molecule has 0 spiro atoms. The van der Waals surface area contributed by atoms with E-state index in [1.807, 2.05) is 22.9 Å². The minimum Gasteiger partial charge on any atom is -0.474 e. The van der Waals surface area contributed by atoms with E-state index in [4.69, 9.17) is 25.6 Å². The highest BCUT2D eigenvalue weighted by molar-refractivity contribution is 7.83. The number of rotatable bonds is 8. The molecule has 10 nitrogen and oxygen atoms in total. The topological polar surface area (TPSA) is 143 Å². The van der Waals surface area contributed by atoms with Gasteiger partial charge in [0.05, 0.1) is 18.2 Å². The van der Waals surface area contributed by atoms with Gasteiger partial charge in [-0.2, -0.15) is 13.1 Å². The van der Waals surface area contributed by atoms with Crippen LogP contribution in [0, 0.1) is 5.92 Å². The predicted molar refractivity (Wildman–Crippen MR) is 117 cm³/mol. The highest BCUT2D eigenvalue weighted by Crippen LogP contribution is 2.37. The van der Waals surface area contributed by atoms with Crippen LogP contribution in [-0.4, -0.2) is 60.0 Å². The summed E-state index contributed by atoms with van der Waals surface area (Å²) in [5.74, 6) is 0.532. The Kier molecular flexibility index (Phi) is 6.84. The van der Waals surface area contributed by atoms with Crippen molar-refractivity contribution in [3.8, 4) is 5.88 Å². The van der Waals surface area contributed by atoms with Gasteiger partial charge >= 0.3 is 10.3 Å². The fourth-order valence-electron chi connectivity index (χ4n) is 4.37. The van der Waals surface area contributed by atoms with Crippen LogP contribution in [0.1, 0.15) is 30.0 Å². The van der Waals surface area contributed by atoms with Crippen molar-refractivity contribution in [3.05, 3.63) is 46.7 Å². The highest BCUT2D eigenvalue weighted by Gasteiger charge is 2.36. The summed E-state index contributed by atoms with van der Waals surface area (Å²) in [6.07, 6.45) is 1.69. The van der Waals surface area contributed by atoms with E-state index in [1.54, 1.807) is 13.2 Å². The van der Waals surface area contributed by atoms with Crippen molar-refractivity contribution in [2.75, 3.05) is 19.0 Å². The number of halogens is 1. The summed E-state index contributed by atoms with van der Waals surface area (Å²) in [6.45, 7) is -0.0695. The Bertz CT molecular complexity index is 1070. The normalized spacial score (nSPS) is 27.3. The Morgan fingerprint density at radius 2 is 2.06 bits per heavy atom. The van der Waals surface area contributed by atoms with E-state index < -0.39 is 16.4 Å². The van der Waals surface area contributed by atoms with Crippen LogP contribution in [0.5, 0.6) is 5.88 Å². The number of hydrogen-bond donors (Lipinski definition) is 4. The zero-order chi connectivity index (χ0) is 22.9. The maximum absolute atomic E-state index is 10.9. The summed E-state index contributed by atoms with van der Waals surface area (Å²) in [5.41, 5.74) is 2.22. The lowest BCUT2D eigenvalue weighted by Gasteiger charge is -2.21. The predicted octanol–water partition coefficient (Wildman–Crippen LogP) is 1.76. The van der Waals surface area contributed by atoms with Crippen LogP contribution in [-0.2, 0) is 21.5 Å². The number of nitrogens with one attached hydrogen (secondary N) is 2. The van der Waals surface area contributed by atoms with Crippen LogP contribution in [0.25, 0.3) is 0 Å². The van der Waals surface area contributed by atoms with Gasteiger partial charge in [-0.3, -0.25) is 4.55 Å². The molecule has 1 heterocycles. The van der Waals surface area contributed by atoms with Gasteiger partial charge in [0.2, 0.25) is 5.88 Å². The van der Waals surface area contributed by atoms with Crippen LogP contribution < -0.4 is 14.8 Å². The number of nitrogens with zero attached hydrogens (tertiary/aromatic N) is 2. The average Bonchev–Trinajstić information content (AvgIpc) is 3.25. The molecule has 1 aromatic heterocycles. The third kappa shape index (κ3) is 5.48. The van der Waals surface area contributed by atoms with E-state index in [9.17, 15) is 13.5 Å². The van der Waals surface area contributed by atoms with Gasteiger partial charge in [0.1, 0.15) is 18.2 Å². The van der Waals surface area contributed by atoms with Gasteiger partial charge < -0.3 is 19.9 Å². The summed E-state index contributed by atoms with van der Waals surface area (Å²) in [5, 5.41) is 14.2. The quantitative estimate of drug-likeness (QED) is 0.412. The van der Waals surface area contributed by atoms with Gasteiger partial charge in [0, 0.05) is 43.5 Å². The van der Waals surface area contributed by atoms with Crippen molar-refractivity contribution < 1.29 is 27.6 Å². The van der Waals surface area contributed by atoms with Crippen molar-refractivity contribution in [3.63, 3.8) is 0 Å². The van der Waals surface area contributed by atoms with E-state index in [0.717, 1.165) is 17.5 Å². The fraction of sp³-hybridized carbons (Fsp3) is 0.500. The van der Waals surface area contributed by atoms with Crippen molar-refractivity contribution >= 4 is 27.7 Å². The van der Waals surface area contributed by atoms with E-state index in [1.165, 1.54) is 6.33 Å². The van der Waals surface area contributed by atoms with Crippen molar-refractivity contribution in [1.82, 2.24) is 14.7 Å². The minimum atomic E-state index is -4.31. The minimum absolute atomic E-state index is 0.0695. The number of aliphatic hydroxyl groups is 1. The molecule has 5 atom stereocenters.